The van der Waals surface area contributed by atoms with Crippen LogP contribution in [0, 0.1) is 0 Å². The first-order chi connectivity index (χ1) is 13.3. The van der Waals surface area contributed by atoms with Crippen LogP contribution in [0.3, 0.4) is 0 Å². The van der Waals surface area contributed by atoms with Gasteiger partial charge in [0, 0.05) is 50.4 Å². The van der Waals surface area contributed by atoms with Gasteiger partial charge < -0.3 is 20.1 Å². The lowest BCUT2D eigenvalue weighted by atomic mass is 10.2. The molecule has 0 heterocycles. The number of ether oxygens (including phenoxy) is 2. The molecule has 0 radical (unpaired) electrons. The van der Waals surface area contributed by atoms with Crippen molar-refractivity contribution in [2.75, 3.05) is 27.2 Å². The van der Waals surface area contributed by atoms with E-state index in [1.807, 2.05) is 0 Å². The molecule has 0 saturated heterocycles. The van der Waals surface area contributed by atoms with E-state index in [1.54, 1.807) is 19.2 Å². The van der Waals surface area contributed by atoms with Gasteiger partial charge in [0.15, 0.2) is 5.96 Å². The van der Waals surface area contributed by atoms with Crippen molar-refractivity contribution in [2.24, 2.45) is 4.99 Å². The number of benzene rings is 1. The van der Waals surface area contributed by atoms with Gasteiger partial charge in [-0.15, -0.1) is 24.0 Å². The van der Waals surface area contributed by atoms with Crippen LogP contribution in [0.4, 0.5) is 8.78 Å². The lowest BCUT2D eigenvalue weighted by molar-refractivity contribution is -0.0505. The van der Waals surface area contributed by atoms with Crippen LogP contribution in [0.25, 0.3) is 0 Å². The molecule has 168 valence electrons. The number of nitrogens with one attached hydrogen (secondary N) is 2. The van der Waals surface area contributed by atoms with Crippen molar-refractivity contribution in [1.82, 2.24) is 15.5 Å². The second-order valence-corrected chi connectivity index (χ2v) is 6.98. The Morgan fingerprint density at radius 3 is 2.31 bits per heavy atom. The van der Waals surface area contributed by atoms with E-state index in [1.165, 1.54) is 13.2 Å². The van der Waals surface area contributed by atoms with Crippen molar-refractivity contribution >= 4 is 29.9 Å². The van der Waals surface area contributed by atoms with E-state index < -0.39 is 6.61 Å². The molecule has 0 spiro atoms. The lowest BCUT2D eigenvalue weighted by Crippen LogP contribution is -2.41. The standard InChI is InChI=1S/C20H34F2N4O2.HI/c1-14(2)26(15(3)4)11-7-10-24-20(23-5)25-13-16-8-9-17(27-6)12-18(16)28-19(21)22;/h8-9,12,14-15,19H,7,10-11,13H2,1-6H3,(H2,23,24,25);1H. The monoisotopic (exact) mass is 528 g/mol. The fourth-order valence-electron chi connectivity index (χ4n) is 2.99. The Kier molecular flexibility index (Phi) is 13.9. The molecule has 9 heteroatoms. The molecule has 0 aromatic heterocycles. The first-order valence-electron chi connectivity index (χ1n) is 9.60. The van der Waals surface area contributed by atoms with Crippen LogP contribution in [0.2, 0.25) is 0 Å². The predicted molar refractivity (Wildman–Crippen MR) is 125 cm³/mol. The van der Waals surface area contributed by atoms with Crippen LogP contribution in [0.1, 0.15) is 39.7 Å². The molecule has 1 aromatic rings. The second-order valence-electron chi connectivity index (χ2n) is 6.98. The van der Waals surface area contributed by atoms with Crippen LogP contribution in [0.5, 0.6) is 11.5 Å². The van der Waals surface area contributed by atoms with Crippen molar-refractivity contribution in [3.8, 4) is 11.5 Å². The van der Waals surface area contributed by atoms with Crippen molar-refractivity contribution in [2.45, 2.75) is 59.4 Å². The number of hydrogen-bond acceptors (Lipinski definition) is 4. The van der Waals surface area contributed by atoms with Crippen LogP contribution in [-0.4, -0.2) is 56.8 Å². The molecule has 0 aliphatic heterocycles. The van der Waals surface area contributed by atoms with Gasteiger partial charge in [-0.05, 0) is 46.2 Å². The molecule has 2 N–H and O–H groups in total. The van der Waals surface area contributed by atoms with Gasteiger partial charge in [0.05, 0.1) is 7.11 Å². The second kappa shape index (κ2) is 14.6. The summed E-state index contributed by atoms with van der Waals surface area (Å²) >= 11 is 0. The number of methoxy groups -OCH3 is 1. The quantitative estimate of drug-likeness (QED) is 0.196. The number of aliphatic imine (C=N–C) groups is 1. The third-order valence-electron chi connectivity index (χ3n) is 4.37. The molecule has 0 amide bonds. The Bertz CT molecular complexity index is 608. The zero-order valence-corrected chi connectivity index (χ0v) is 20.5. The van der Waals surface area contributed by atoms with Gasteiger partial charge in [-0.3, -0.25) is 9.89 Å². The number of hydrogen-bond donors (Lipinski definition) is 2. The Labute approximate surface area is 190 Å². The van der Waals surface area contributed by atoms with Crippen molar-refractivity contribution in [1.29, 1.82) is 0 Å². The molecule has 0 bridgehead atoms. The lowest BCUT2D eigenvalue weighted by Gasteiger charge is -2.30. The van der Waals surface area contributed by atoms with E-state index in [0.29, 0.717) is 35.9 Å². The summed E-state index contributed by atoms with van der Waals surface area (Å²) in [5, 5.41) is 6.38. The van der Waals surface area contributed by atoms with Gasteiger partial charge in [0.2, 0.25) is 0 Å². The summed E-state index contributed by atoms with van der Waals surface area (Å²) in [6.07, 6.45) is 0.972. The number of nitrogens with zero attached hydrogens (tertiary/aromatic N) is 2. The van der Waals surface area contributed by atoms with E-state index in [4.69, 9.17) is 4.74 Å². The van der Waals surface area contributed by atoms with Gasteiger partial charge in [0.1, 0.15) is 11.5 Å². The summed E-state index contributed by atoms with van der Waals surface area (Å²) < 4.78 is 35.0. The smallest absolute Gasteiger partial charge is 0.387 e. The minimum absolute atomic E-state index is 0. The fourth-order valence-corrected chi connectivity index (χ4v) is 2.99. The minimum Gasteiger partial charge on any atom is -0.497 e. The number of rotatable bonds is 11. The fraction of sp³-hybridized carbons (Fsp3) is 0.650. The molecular formula is C20H35F2IN4O2. The molecule has 0 unspecified atom stereocenters. The topological polar surface area (TPSA) is 58.1 Å². The van der Waals surface area contributed by atoms with Crippen molar-refractivity contribution in [3.63, 3.8) is 0 Å². The first-order valence-corrected chi connectivity index (χ1v) is 9.60. The molecular weight excluding hydrogens is 493 g/mol. The number of alkyl halides is 2. The summed E-state index contributed by atoms with van der Waals surface area (Å²) in [6.45, 7) is 7.94. The summed E-state index contributed by atoms with van der Waals surface area (Å²) in [7, 11) is 3.15. The van der Waals surface area contributed by atoms with Crippen LogP contribution >= 0.6 is 24.0 Å². The molecule has 1 rings (SSSR count). The molecule has 0 atom stereocenters. The van der Waals surface area contributed by atoms with E-state index >= 15 is 0 Å². The predicted octanol–water partition coefficient (Wildman–Crippen LogP) is 4.09. The maximum Gasteiger partial charge on any atom is 0.387 e. The van der Waals surface area contributed by atoms with E-state index in [9.17, 15) is 8.78 Å². The van der Waals surface area contributed by atoms with Crippen LogP contribution < -0.4 is 20.1 Å². The first kappa shape index (κ1) is 27.6. The summed E-state index contributed by atoms with van der Waals surface area (Å²) in [4.78, 5) is 6.62. The average Bonchev–Trinajstić information content (AvgIpc) is 2.63. The Hall–Kier alpha value is -1.36. The zero-order valence-electron chi connectivity index (χ0n) is 18.2. The molecule has 0 fully saturated rings. The Morgan fingerprint density at radius 1 is 1.14 bits per heavy atom. The molecule has 6 nitrogen and oxygen atoms in total. The molecule has 0 saturated carbocycles. The highest BCUT2D eigenvalue weighted by atomic mass is 127. The van der Waals surface area contributed by atoms with Gasteiger partial charge in [-0.1, -0.05) is 0 Å². The SMILES string of the molecule is CN=C(NCCCN(C(C)C)C(C)C)NCc1ccc(OC)cc1OC(F)F.I. The summed E-state index contributed by atoms with van der Waals surface area (Å²) in [5.41, 5.74) is 0.592. The van der Waals surface area contributed by atoms with E-state index in [2.05, 4.69) is 53.0 Å². The zero-order chi connectivity index (χ0) is 21.1. The van der Waals surface area contributed by atoms with Crippen LogP contribution in [0.15, 0.2) is 23.2 Å². The third kappa shape index (κ3) is 10.3. The molecule has 0 aliphatic carbocycles. The van der Waals surface area contributed by atoms with Crippen molar-refractivity contribution in [3.05, 3.63) is 23.8 Å². The average molecular weight is 528 g/mol. The van der Waals surface area contributed by atoms with E-state index in [0.717, 1.165) is 19.5 Å². The maximum absolute atomic E-state index is 12.7. The van der Waals surface area contributed by atoms with Gasteiger partial charge in [-0.25, -0.2) is 0 Å². The van der Waals surface area contributed by atoms with Gasteiger partial charge in [0.25, 0.3) is 0 Å². The number of halogens is 3. The van der Waals surface area contributed by atoms with Gasteiger partial charge in [-0.2, -0.15) is 8.78 Å². The Balaban J connectivity index is 0.00000784. The minimum atomic E-state index is -2.90. The highest BCUT2D eigenvalue weighted by molar-refractivity contribution is 14.0. The van der Waals surface area contributed by atoms with Crippen molar-refractivity contribution < 1.29 is 18.3 Å². The van der Waals surface area contributed by atoms with E-state index in [-0.39, 0.29) is 29.7 Å². The number of guanidine groups is 1. The molecule has 0 aliphatic rings. The highest BCUT2D eigenvalue weighted by Gasteiger charge is 2.13. The Morgan fingerprint density at radius 2 is 1.79 bits per heavy atom. The summed E-state index contributed by atoms with van der Waals surface area (Å²) in [5.74, 6) is 1.16. The van der Waals surface area contributed by atoms with Gasteiger partial charge >= 0.3 is 6.61 Å². The molecule has 1 aromatic carbocycles. The normalized spacial score (nSPS) is 11.8. The maximum atomic E-state index is 12.7. The highest BCUT2D eigenvalue weighted by Crippen LogP contribution is 2.26. The summed E-state index contributed by atoms with van der Waals surface area (Å²) in [6, 6.07) is 5.85. The third-order valence-corrected chi connectivity index (χ3v) is 4.37. The largest absolute Gasteiger partial charge is 0.497 e. The molecule has 29 heavy (non-hydrogen) atoms. The van der Waals surface area contributed by atoms with Crippen LogP contribution in [-0.2, 0) is 6.54 Å².